The first-order chi connectivity index (χ1) is 16.3. The van der Waals surface area contributed by atoms with Gasteiger partial charge >= 0.3 is 0 Å². The van der Waals surface area contributed by atoms with Gasteiger partial charge in [-0.1, -0.05) is 11.6 Å². The maximum Gasteiger partial charge on any atom is 0.191 e. The molecule has 3 aromatic heterocycles. The summed E-state index contributed by atoms with van der Waals surface area (Å²) in [6, 6.07) is 3.04. The lowest BCUT2D eigenvalue weighted by Gasteiger charge is -2.19. The highest BCUT2D eigenvalue weighted by atomic mass is 35.5. The molecule has 10 heteroatoms. The zero-order valence-corrected chi connectivity index (χ0v) is 15.8. The average molecular weight is 418 g/mol. The van der Waals surface area contributed by atoms with Crippen LogP contribution in [0.2, 0.25) is 5.02 Å². The molecule has 0 aliphatic rings. The molecule has 29 heavy (non-hydrogen) atoms. The molecule has 0 spiro atoms. The first-order valence-electron chi connectivity index (χ1n) is 11.3. The van der Waals surface area contributed by atoms with Crippen LogP contribution in [-0.2, 0) is 6.98 Å². The Morgan fingerprint density at radius 2 is 2.14 bits per heavy atom. The number of benzene rings is 1. The highest BCUT2D eigenvalue weighted by Gasteiger charge is 2.23. The molecule has 2 N–H and O–H groups in total. The fourth-order valence-electron chi connectivity index (χ4n) is 2.88. The van der Waals surface area contributed by atoms with Crippen LogP contribution in [0.3, 0.4) is 0 Å². The Balaban J connectivity index is 1.91. The third-order valence-corrected chi connectivity index (χ3v) is 4.36. The Kier molecular flexibility index (Phi) is 3.34. The topological polar surface area (TPSA) is 114 Å². The summed E-state index contributed by atoms with van der Waals surface area (Å²) in [5, 5.41) is 4.46. The third kappa shape index (κ3) is 3.52. The Morgan fingerprint density at radius 3 is 2.90 bits per heavy atom. The maximum absolute atomic E-state index is 7.62. The molecular formula is C19H18ClN7O2. The molecule has 9 nitrogen and oxygen atoms in total. The van der Waals surface area contributed by atoms with Crippen LogP contribution in [0.25, 0.3) is 22.0 Å². The van der Waals surface area contributed by atoms with E-state index < -0.39 is 20.1 Å². The van der Waals surface area contributed by atoms with Gasteiger partial charge in [-0.05, 0) is 19.1 Å². The number of hydrogen-bond acceptors (Lipinski definition) is 8. The Hall–Kier alpha value is -3.46. The molecule has 0 aliphatic carbocycles. The molecule has 0 unspecified atom stereocenters. The van der Waals surface area contributed by atoms with E-state index in [4.69, 9.17) is 35.0 Å². The van der Waals surface area contributed by atoms with Crippen LogP contribution < -0.4 is 15.2 Å². The number of nitrogen functional groups attached to an aromatic ring is 1. The van der Waals surface area contributed by atoms with Crippen molar-refractivity contribution >= 4 is 28.3 Å². The second-order valence-corrected chi connectivity index (χ2v) is 6.47. The smallest absolute Gasteiger partial charge is 0.191 e. The number of ether oxygens (including phenoxy) is 2. The molecule has 148 valence electrons. The summed E-state index contributed by atoms with van der Waals surface area (Å²) in [7, 11) is -2.84. The standard InChI is InChI=1S/C19H18ClN7O2/c1-10(19-25-9-27(2)26-19)29-17-14(28-3)5-13(11-4-12(20)7-22-6-11)16-15(17)18(21)24-8-23-16/h4-10H,1-3H3,(H2,21,23,24)/t10-/m1/s1/i2D3,3D3. The van der Waals surface area contributed by atoms with E-state index in [-0.39, 0.29) is 28.5 Å². The summed E-state index contributed by atoms with van der Waals surface area (Å²) < 4.78 is 57.2. The molecular weight excluding hydrogens is 394 g/mol. The van der Waals surface area contributed by atoms with Crippen molar-refractivity contribution < 1.29 is 17.7 Å². The normalized spacial score (nSPS) is 16.1. The summed E-state index contributed by atoms with van der Waals surface area (Å²) in [4.78, 5) is 16.4. The SMILES string of the molecule is [2H]C([2H])([2H])Oc1cc(-c2cncc(Cl)c2)c2ncnc(N)c2c1O[C@H](C)c1ncn(C([2H])([2H])[2H])n1. The number of fused-ring (bicyclic) bond motifs is 1. The van der Waals surface area contributed by atoms with E-state index in [0.717, 1.165) is 6.33 Å². The number of nitrogens with two attached hydrogens (primary N) is 1. The van der Waals surface area contributed by atoms with Crippen LogP contribution in [0.15, 0.2) is 37.2 Å². The first kappa shape index (κ1) is 12.9. The fourth-order valence-corrected chi connectivity index (χ4v) is 3.05. The Bertz CT molecular complexity index is 1390. The molecule has 0 bridgehead atoms. The Morgan fingerprint density at radius 1 is 1.24 bits per heavy atom. The van der Waals surface area contributed by atoms with Crippen LogP contribution in [0, 0.1) is 0 Å². The van der Waals surface area contributed by atoms with Gasteiger partial charge in [-0.15, -0.1) is 0 Å². The zero-order chi connectivity index (χ0) is 25.5. The van der Waals surface area contributed by atoms with Gasteiger partial charge in [0.15, 0.2) is 23.4 Å². The number of nitrogens with zero attached hydrogens (tertiary/aromatic N) is 6. The number of aryl methyl sites for hydroxylation is 1. The molecule has 0 amide bonds. The van der Waals surface area contributed by atoms with Crippen molar-refractivity contribution in [2.75, 3.05) is 12.8 Å². The number of hydrogen-bond donors (Lipinski definition) is 1. The summed E-state index contributed by atoms with van der Waals surface area (Å²) in [5.41, 5.74) is 7.43. The van der Waals surface area contributed by atoms with Gasteiger partial charge in [-0.25, -0.2) is 15.0 Å². The van der Waals surface area contributed by atoms with Crippen molar-refractivity contribution in [2.45, 2.75) is 13.0 Å². The van der Waals surface area contributed by atoms with Gasteiger partial charge in [0.2, 0.25) is 0 Å². The summed E-state index contributed by atoms with van der Waals surface area (Å²) >= 11 is 6.10. The molecule has 4 aromatic rings. The van der Waals surface area contributed by atoms with E-state index in [0.29, 0.717) is 26.3 Å². The van der Waals surface area contributed by atoms with Crippen molar-refractivity contribution in [1.29, 1.82) is 0 Å². The number of halogens is 1. The van der Waals surface area contributed by atoms with Crippen LogP contribution >= 0.6 is 11.6 Å². The number of aromatic nitrogens is 6. The Labute approximate surface area is 179 Å². The minimum absolute atomic E-state index is 0.00888. The molecule has 0 fully saturated rings. The molecule has 0 saturated heterocycles. The third-order valence-electron chi connectivity index (χ3n) is 4.15. The van der Waals surface area contributed by atoms with Gasteiger partial charge in [-0.2, -0.15) is 5.10 Å². The molecule has 0 saturated carbocycles. The molecule has 3 heterocycles. The lowest BCUT2D eigenvalue weighted by atomic mass is 10.0. The monoisotopic (exact) mass is 417 g/mol. The van der Waals surface area contributed by atoms with Gasteiger partial charge in [0.1, 0.15) is 18.5 Å². The van der Waals surface area contributed by atoms with Crippen molar-refractivity contribution in [3.63, 3.8) is 0 Å². The van der Waals surface area contributed by atoms with E-state index in [2.05, 4.69) is 25.0 Å². The fraction of sp³-hybridized carbons (Fsp3) is 0.211. The van der Waals surface area contributed by atoms with Crippen LogP contribution in [0.1, 0.15) is 27.1 Å². The van der Waals surface area contributed by atoms with E-state index in [1.807, 2.05) is 0 Å². The van der Waals surface area contributed by atoms with E-state index in [1.54, 1.807) is 13.0 Å². The second kappa shape index (κ2) is 7.51. The highest BCUT2D eigenvalue weighted by Crippen LogP contribution is 2.44. The van der Waals surface area contributed by atoms with Crippen molar-refractivity contribution in [1.82, 2.24) is 29.7 Å². The van der Waals surface area contributed by atoms with E-state index in [1.165, 1.54) is 24.8 Å². The largest absolute Gasteiger partial charge is 0.493 e. The molecule has 4 rings (SSSR count). The molecule has 0 aliphatic heterocycles. The van der Waals surface area contributed by atoms with Gasteiger partial charge in [0.25, 0.3) is 0 Å². The molecule has 0 radical (unpaired) electrons. The van der Waals surface area contributed by atoms with E-state index >= 15 is 0 Å². The number of pyridine rings is 1. The number of methoxy groups -OCH3 is 1. The number of anilines is 1. The zero-order valence-electron chi connectivity index (χ0n) is 21.0. The summed E-state index contributed by atoms with van der Waals surface area (Å²) in [5.74, 6) is -0.236. The summed E-state index contributed by atoms with van der Waals surface area (Å²) in [6.45, 7) is -0.975. The van der Waals surface area contributed by atoms with Gasteiger partial charge in [0, 0.05) is 34.6 Å². The van der Waals surface area contributed by atoms with Crippen LogP contribution in [-0.4, -0.2) is 36.8 Å². The van der Waals surface area contributed by atoms with Gasteiger partial charge < -0.3 is 15.2 Å². The van der Waals surface area contributed by atoms with Gasteiger partial charge in [-0.3, -0.25) is 9.67 Å². The van der Waals surface area contributed by atoms with Crippen LogP contribution in [0.4, 0.5) is 5.82 Å². The first-order valence-corrected chi connectivity index (χ1v) is 8.67. The van der Waals surface area contributed by atoms with Gasteiger partial charge in [0.05, 0.1) is 27.1 Å². The maximum atomic E-state index is 7.62. The van der Waals surface area contributed by atoms with Crippen molar-refractivity contribution in [2.24, 2.45) is 6.98 Å². The molecule has 1 aromatic carbocycles. The number of rotatable bonds is 5. The predicted molar refractivity (Wildman–Crippen MR) is 109 cm³/mol. The second-order valence-electron chi connectivity index (χ2n) is 6.04. The predicted octanol–water partition coefficient (Wildman–Crippen LogP) is 3.20. The lowest BCUT2D eigenvalue weighted by molar-refractivity contribution is 0.209. The van der Waals surface area contributed by atoms with E-state index in [9.17, 15) is 0 Å². The lowest BCUT2D eigenvalue weighted by Crippen LogP contribution is -2.09. The minimum atomic E-state index is -2.84. The molecule has 1 atom stereocenters. The van der Waals surface area contributed by atoms with Crippen LogP contribution in [0.5, 0.6) is 11.5 Å². The average Bonchev–Trinajstić information content (AvgIpc) is 3.25. The highest BCUT2D eigenvalue weighted by molar-refractivity contribution is 6.30. The summed E-state index contributed by atoms with van der Waals surface area (Å²) in [6.07, 6.45) is 4.33. The quantitative estimate of drug-likeness (QED) is 0.526. The minimum Gasteiger partial charge on any atom is -0.493 e. The van der Waals surface area contributed by atoms with Crippen molar-refractivity contribution in [3.05, 3.63) is 48.0 Å². The van der Waals surface area contributed by atoms with Crippen molar-refractivity contribution in [3.8, 4) is 22.6 Å².